The molecule has 178 valence electrons. The predicted octanol–water partition coefficient (Wildman–Crippen LogP) is 3.50. The lowest BCUT2D eigenvalue weighted by Gasteiger charge is -2.28. The van der Waals surface area contributed by atoms with Crippen molar-refractivity contribution >= 4 is 23.3 Å². The van der Waals surface area contributed by atoms with E-state index in [2.05, 4.69) is 15.4 Å². The van der Waals surface area contributed by atoms with Crippen LogP contribution in [0.1, 0.15) is 27.4 Å². The number of hydrogen-bond acceptors (Lipinski definition) is 8. The minimum atomic E-state index is -0.588. The quantitative estimate of drug-likeness (QED) is 0.504. The van der Waals surface area contributed by atoms with Gasteiger partial charge in [0.1, 0.15) is 18.1 Å². The summed E-state index contributed by atoms with van der Waals surface area (Å²) in [7, 11) is 0. The number of hydrogen-bond donors (Lipinski definition) is 1. The number of benzene rings is 2. The fourth-order valence-electron chi connectivity index (χ4n) is 3.54. The van der Waals surface area contributed by atoms with Crippen molar-refractivity contribution in [3.63, 3.8) is 0 Å². The third-order valence-corrected chi connectivity index (χ3v) is 5.52. The Morgan fingerprint density at radius 1 is 1.03 bits per heavy atom. The van der Waals surface area contributed by atoms with Crippen LogP contribution in [0, 0.1) is 13.8 Å². The second kappa shape index (κ2) is 10.8. The van der Waals surface area contributed by atoms with E-state index >= 15 is 0 Å². The largest absolute Gasteiger partial charge is 0.489 e. The molecule has 0 saturated carbocycles. The molecule has 1 amide bonds. The molecular weight excluding hydrogens is 438 g/mol. The van der Waals surface area contributed by atoms with Crippen LogP contribution < -0.4 is 15.0 Å². The number of aryl methyl sites for hydroxylation is 2. The monoisotopic (exact) mass is 465 g/mol. The van der Waals surface area contributed by atoms with Gasteiger partial charge < -0.3 is 29.0 Å². The minimum absolute atomic E-state index is 0.318. The van der Waals surface area contributed by atoms with Crippen molar-refractivity contribution in [2.75, 3.05) is 43.1 Å². The maximum Gasteiger partial charge on any atom is 0.338 e. The highest BCUT2D eigenvalue weighted by Crippen LogP contribution is 2.20. The van der Waals surface area contributed by atoms with Crippen LogP contribution in [0.15, 0.2) is 53.1 Å². The maximum absolute atomic E-state index is 12.3. The Balaban J connectivity index is 1.22. The number of nitrogens with zero attached hydrogens (tertiary/aromatic N) is 2. The fourth-order valence-corrected chi connectivity index (χ4v) is 3.54. The molecule has 0 aliphatic carbocycles. The van der Waals surface area contributed by atoms with Crippen molar-refractivity contribution in [1.82, 2.24) is 5.16 Å². The van der Waals surface area contributed by atoms with Crippen LogP contribution in [0.3, 0.4) is 0 Å². The van der Waals surface area contributed by atoms with E-state index in [1.807, 2.05) is 38.1 Å². The molecule has 0 atom stereocenters. The predicted molar refractivity (Wildman–Crippen MR) is 125 cm³/mol. The number of nitrogens with one attached hydrogen (secondary N) is 1. The molecule has 0 spiro atoms. The van der Waals surface area contributed by atoms with Gasteiger partial charge in [0.05, 0.1) is 30.0 Å². The zero-order chi connectivity index (χ0) is 23.9. The van der Waals surface area contributed by atoms with E-state index in [1.165, 1.54) is 0 Å². The highest BCUT2D eigenvalue weighted by Gasteiger charge is 2.14. The number of esters is 1. The van der Waals surface area contributed by atoms with Crippen LogP contribution in [0.4, 0.5) is 11.4 Å². The van der Waals surface area contributed by atoms with E-state index < -0.39 is 11.9 Å². The summed E-state index contributed by atoms with van der Waals surface area (Å²) in [6.45, 7) is 6.72. The summed E-state index contributed by atoms with van der Waals surface area (Å²) < 4.78 is 21.4. The van der Waals surface area contributed by atoms with E-state index in [-0.39, 0.29) is 6.61 Å². The molecule has 3 aromatic rings. The van der Waals surface area contributed by atoms with Crippen molar-refractivity contribution in [1.29, 1.82) is 0 Å². The molecule has 1 aliphatic heterocycles. The van der Waals surface area contributed by atoms with Crippen LogP contribution in [0.25, 0.3) is 0 Å². The Hall–Kier alpha value is -3.85. The Kier molecular flexibility index (Phi) is 7.44. The van der Waals surface area contributed by atoms with Gasteiger partial charge in [-0.05, 0) is 62.4 Å². The van der Waals surface area contributed by atoms with E-state index in [0.29, 0.717) is 42.6 Å². The molecule has 1 aliphatic rings. The van der Waals surface area contributed by atoms with Crippen LogP contribution >= 0.6 is 0 Å². The van der Waals surface area contributed by atoms with Crippen molar-refractivity contribution in [3.8, 4) is 5.75 Å². The lowest BCUT2D eigenvalue weighted by molar-refractivity contribution is -0.119. The number of morpholine rings is 1. The average molecular weight is 466 g/mol. The summed E-state index contributed by atoms with van der Waals surface area (Å²) in [5.74, 6) is 0.306. The molecule has 1 N–H and O–H groups in total. The second-order valence-corrected chi connectivity index (χ2v) is 7.89. The zero-order valence-electron chi connectivity index (χ0n) is 19.2. The lowest BCUT2D eigenvalue weighted by atomic mass is 10.2. The Morgan fingerprint density at radius 2 is 1.74 bits per heavy atom. The fraction of sp³-hybridized carbons (Fsp3) is 0.320. The molecule has 9 heteroatoms. The normalized spacial score (nSPS) is 13.4. The number of aromatic nitrogens is 1. The molecule has 1 saturated heterocycles. The number of carbonyl (C=O) groups excluding carboxylic acids is 2. The molecule has 1 aromatic heterocycles. The molecule has 2 heterocycles. The van der Waals surface area contributed by atoms with Gasteiger partial charge in [0, 0.05) is 24.5 Å². The third-order valence-electron chi connectivity index (χ3n) is 5.52. The van der Waals surface area contributed by atoms with Gasteiger partial charge in [0.25, 0.3) is 5.91 Å². The summed E-state index contributed by atoms with van der Waals surface area (Å²) >= 11 is 0. The molecule has 1 fully saturated rings. The van der Waals surface area contributed by atoms with E-state index in [4.69, 9.17) is 18.7 Å². The topological polar surface area (TPSA) is 103 Å². The summed E-state index contributed by atoms with van der Waals surface area (Å²) in [6, 6.07) is 14.1. The average Bonchev–Trinajstić information content (AvgIpc) is 3.19. The first-order valence-corrected chi connectivity index (χ1v) is 11.0. The standard InChI is InChI=1S/C25H27N3O6/c1-17-23(18(2)34-27-17)15-32-22-9-3-19(4-10-22)25(30)33-16-24(29)26-20-5-7-21(8-6-20)28-11-13-31-14-12-28/h3-10H,11-16H2,1-2H3,(H,26,29). The van der Waals surface area contributed by atoms with Crippen molar-refractivity contribution in [2.45, 2.75) is 20.5 Å². The summed E-state index contributed by atoms with van der Waals surface area (Å²) in [5.41, 5.74) is 3.71. The van der Waals surface area contributed by atoms with E-state index in [0.717, 1.165) is 30.0 Å². The van der Waals surface area contributed by atoms with Gasteiger partial charge in [-0.25, -0.2) is 4.79 Å². The van der Waals surface area contributed by atoms with Crippen molar-refractivity contribution < 1.29 is 28.3 Å². The Labute approximate surface area is 197 Å². The van der Waals surface area contributed by atoms with Gasteiger partial charge in [0.15, 0.2) is 6.61 Å². The van der Waals surface area contributed by atoms with Gasteiger partial charge in [-0.3, -0.25) is 4.79 Å². The molecule has 0 radical (unpaired) electrons. The number of ether oxygens (including phenoxy) is 3. The van der Waals surface area contributed by atoms with Crippen LogP contribution in [-0.2, 0) is 20.9 Å². The molecule has 0 bridgehead atoms. The second-order valence-electron chi connectivity index (χ2n) is 7.89. The number of rotatable bonds is 8. The number of amides is 1. The lowest BCUT2D eigenvalue weighted by Crippen LogP contribution is -2.36. The highest BCUT2D eigenvalue weighted by atomic mass is 16.5. The van der Waals surface area contributed by atoms with Gasteiger partial charge in [-0.1, -0.05) is 5.16 Å². The molecule has 9 nitrogen and oxygen atoms in total. The van der Waals surface area contributed by atoms with Crippen LogP contribution in [0.5, 0.6) is 5.75 Å². The highest BCUT2D eigenvalue weighted by molar-refractivity contribution is 5.95. The van der Waals surface area contributed by atoms with Crippen molar-refractivity contribution in [3.05, 3.63) is 71.1 Å². The van der Waals surface area contributed by atoms with Crippen molar-refractivity contribution in [2.24, 2.45) is 0 Å². The molecular formula is C25H27N3O6. The number of carbonyl (C=O) groups is 2. The molecule has 4 rings (SSSR count). The maximum atomic E-state index is 12.3. The minimum Gasteiger partial charge on any atom is -0.489 e. The first-order valence-electron chi connectivity index (χ1n) is 11.0. The Morgan fingerprint density at radius 3 is 2.38 bits per heavy atom. The van der Waals surface area contributed by atoms with E-state index in [9.17, 15) is 9.59 Å². The molecule has 34 heavy (non-hydrogen) atoms. The van der Waals surface area contributed by atoms with Crippen LogP contribution in [0.2, 0.25) is 0 Å². The van der Waals surface area contributed by atoms with Gasteiger partial charge in [-0.15, -0.1) is 0 Å². The van der Waals surface area contributed by atoms with Gasteiger partial charge >= 0.3 is 5.97 Å². The summed E-state index contributed by atoms with van der Waals surface area (Å²) in [5, 5.41) is 6.63. The zero-order valence-corrected chi connectivity index (χ0v) is 19.2. The summed E-state index contributed by atoms with van der Waals surface area (Å²) in [4.78, 5) is 26.7. The first-order chi connectivity index (χ1) is 16.5. The smallest absolute Gasteiger partial charge is 0.338 e. The third kappa shape index (κ3) is 5.93. The molecule has 0 unspecified atom stereocenters. The SMILES string of the molecule is Cc1noc(C)c1COc1ccc(C(=O)OCC(=O)Nc2ccc(N3CCOCC3)cc2)cc1. The molecule has 2 aromatic carbocycles. The van der Waals surface area contributed by atoms with Crippen LogP contribution in [-0.4, -0.2) is 49.9 Å². The summed E-state index contributed by atoms with van der Waals surface area (Å²) in [6.07, 6.45) is 0. The van der Waals surface area contributed by atoms with E-state index in [1.54, 1.807) is 24.3 Å². The first kappa shape index (κ1) is 23.3. The number of anilines is 2. The Bertz CT molecular complexity index is 1100. The van der Waals surface area contributed by atoms with Gasteiger partial charge in [0.2, 0.25) is 0 Å². The van der Waals surface area contributed by atoms with Gasteiger partial charge in [-0.2, -0.15) is 0 Å².